The van der Waals surface area contributed by atoms with Crippen LogP contribution in [0.3, 0.4) is 0 Å². The van der Waals surface area contributed by atoms with E-state index in [1.165, 1.54) is 0 Å². The Morgan fingerprint density at radius 1 is 1.39 bits per heavy atom. The standard InChI is InChI=1S/C13H22N2O2S/c1-10-11(16)14-13(6-3-4-7-13)12(17)15(10)8-5-9-18-2/h10H,3-9H2,1-2H3,(H,14,16). The van der Waals surface area contributed by atoms with E-state index in [9.17, 15) is 9.59 Å². The Morgan fingerprint density at radius 3 is 2.67 bits per heavy atom. The maximum atomic E-state index is 12.6. The number of carbonyl (C=O) groups excluding carboxylic acids is 2. The van der Waals surface area contributed by atoms with Crippen molar-refractivity contribution >= 4 is 23.6 Å². The molecule has 1 saturated heterocycles. The number of nitrogens with one attached hydrogen (secondary N) is 1. The number of hydrogen-bond acceptors (Lipinski definition) is 3. The highest BCUT2D eigenvalue weighted by Gasteiger charge is 2.50. The van der Waals surface area contributed by atoms with E-state index in [1.807, 2.05) is 6.92 Å². The van der Waals surface area contributed by atoms with Crippen LogP contribution in [0.2, 0.25) is 0 Å². The second-order valence-electron chi connectivity index (χ2n) is 5.30. The maximum Gasteiger partial charge on any atom is 0.248 e. The van der Waals surface area contributed by atoms with Crippen molar-refractivity contribution in [2.24, 2.45) is 0 Å². The molecule has 0 radical (unpaired) electrons. The van der Waals surface area contributed by atoms with Gasteiger partial charge < -0.3 is 10.2 Å². The highest BCUT2D eigenvalue weighted by Crippen LogP contribution is 2.34. The zero-order valence-electron chi connectivity index (χ0n) is 11.2. The first-order valence-corrected chi connectivity index (χ1v) is 8.12. The molecule has 102 valence electrons. The smallest absolute Gasteiger partial charge is 0.248 e. The first-order valence-electron chi connectivity index (χ1n) is 6.73. The summed E-state index contributed by atoms with van der Waals surface area (Å²) >= 11 is 1.78. The number of amides is 2. The summed E-state index contributed by atoms with van der Waals surface area (Å²) in [7, 11) is 0. The number of hydrogen-bond donors (Lipinski definition) is 1. The molecule has 18 heavy (non-hydrogen) atoms. The molecule has 0 aromatic carbocycles. The second-order valence-corrected chi connectivity index (χ2v) is 6.28. The molecule has 1 atom stereocenters. The molecule has 4 nitrogen and oxygen atoms in total. The fourth-order valence-electron chi connectivity index (χ4n) is 2.98. The number of thioether (sulfide) groups is 1. The number of rotatable bonds is 4. The van der Waals surface area contributed by atoms with Gasteiger partial charge in [-0.05, 0) is 38.2 Å². The molecule has 2 amide bonds. The molecule has 2 aliphatic rings. The van der Waals surface area contributed by atoms with Gasteiger partial charge in [0, 0.05) is 6.54 Å². The van der Waals surface area contributed by atoms with Crippen LogP contribution in [-0.4, -0.2) is 46.8 Å². The molecule has 2 rings (SSSR count). The van der Waals surface area contributed by atoms with Crippen LogP contribution in [0, 0.1) is 0 Å². The van der Waals surface area contributed by atoms with E-state index in [-0.39, 0.29) is 17.9 Å². The summed E-state index contributed by atoms with van der Waals surface area (Å²) < 4.78 is 0. The van der Waals surface area contributed by atoms with E-state index >= 15 is 0 Å². The van der Waals surface area contributed by atoms with Crippen molar-refractivity contribution in [1.82, 2.24) is 10.2 Å². The first kappa shape index (κ1) is 13.7. The average Bonchev–Trinajstić information content (AvgIpc) is 2.81. The summed E-state index contributed by atoms with van der Waals surface area (Å²) in [5.74, 6) is 1.19. The van der Waals surface area contributed by atoms with Gasteiger partial charge in [-0.1, -0.05) is 12.8 Å². The Hall–Kier alpha value is -0.710. The Morgan fingerprint density at radius 2 is 2.06 bits per heavy atom. The fraction of sp³-hybridized carbons (Fsp3) is 0.846. The topological polar surface area (TPSA) is 49.4 Å². The number of piperazine rings is 1. The van der Waals surface area contributed by atoms with Crippen LogP contribution in [0.5, 0.6) is 0 Å². The van der Waals surface area contributed by atoms with Gasteiger partial charge in [-0.3, -0.25) is 9.59 Å². The van der Waals surface area contributed by atoms with Crippen LogP contribution >= 0.6 is 11.8 Å². The maximum absolute atomic E-state index is 12.6. The van der Waals surface area contributed by atoms with Crippen LogP contribution in [-0.2, 0) is 9.59 Å². The third-order valence-electron chi connectivity index (χ3n) is 4.08. The minimum Gasteiger partial charge on any atom is -0.340 e. The normalized spacial score (nSPS) is 26.8. The van der Waals surface area contributed by atoms with E-state index < -0.39 is 5.54 Å². The lowest BCUT2D eigenvalue weighted by Crippen LogP contribution is -2.68. The van der Waals surface area contributed by atoms with Gasteiger partial charge in [-0.2, -0.15) is 11.8 Å². The van der Waals surface area contributed by atoms with Crippen molar-refractivity contribution in [3.05, 3.63) is 0 Å². The monoisotopic (exact) mass is 270 g/mol. The van der Waals surface area contributed by atoms with Crippen molar-refractivity contribution in [2.45, 2.75) is 50.6 Å². The number of carbonyl (C=O) groups is 2. The Labute approximate surface area is 113 Å². The van der Waals surface area contributed by atoms with E-state index in [1.54, 1.807) is 16.7 Å². The van der Waals surface area contributed by atoms with Gasteiger partial charge >= 0.3 is 0 Å². The minimum absolute atomic E-state index is 0.0145. The van der Waals surface area contributed by atoms with Crippen molar-refractivity contribution in [3.8, 4) is 0 Å². The summed E-state index contributed by atoms with van der Waals surface area (Å²) in [6.07, 6.45) is 6.72. The van der Waals surface area contributed by atoms with Crippen molar-refractivity contribution in [2.75, 3.05) is 18.6 Å². The molecule has 0 bridgehead atoms. The van der Waals surface area contributed by atoms with E-state index in [4.69, 9.17) is 0 Å². The van der Waals surface area contributed by atoms with E-state index in [0.29, 0.717) is 6.54 Å². The zero-order chi connectivity index (χ0) is 13.2. The van der Waals surface area contributed by atoms with E-state index in [0.717, 1.165) is 37.9 Å². The second kappa shape index (κ2) is 5.51. The molecule has 2 fully saturated rings. The average molecular weight is 270 g/mol. The van der Waals surface area contributed by atoms with Crippen molar-refractivity contribution in [1.29, 1.82) is 0 Å². The van der Waals surface area contributed by atoms with Crippen molar-refractivity contribution < 1.29 is 9.59 Å². The Kier molecular flexibility index (Phi) is 4.20. The molecular weight excluding hydrogens is 248 g/mol. The molecular formula is C13H22N2O2S. The predicted molar refractivity (Wildman–Crippen MR) is 73.5 cm³/mol. The molecule has 1 aliphatic carbocycles. The Balaban J connectivity index is 2.10. The van der Waals surface area contributed by atoms with Gasteiger partial charge in [0.2, 0.25) is 11.8 Å². The van der Waals surface area contributed by atoms with Gasteiger partial charge in [0.25, 0.3) is 0 Å². The van der Waals surface area contributed by atoms with Crippen LogP contribution in [0.25, 0.3) is 0 Å². The van der Waals surface area contributed by atoms with Gasteiger partial charge in [0.1, 0.15) is 11.6 Å². The quantitative estimate of drug-likeness (QED) is 0.786. The lowest BCUT2D eigenvalue weighted by molar-refractivity contribution is -0.154. The minimum atomic E-state index is -0.567. The molecule has 0 aromatic heterocycles. The van der Waals surface area contributed by atoms with Crippen molar-refractivity contribution in [3.63, 3.8) is 0 Å². The lowest BCUT2D eigenvalue weighted by Gasteiger charge is -2.43. The van der Waals surface area contributed by atoms with Crippen LogP contribution in [0.1, 0.15) is 39.0 Å². The van der Waals surface area contributed by atoms with Crippen LogP contribution < -0.4 is 5.32 Å². The van der Waals surface area contributed by atoms with Crippen LogP contribution in [0.15, 0.2) is 0 Å². The molecule has 0 aromatic rings. The van der Waals surface area contributed by atoms with Gasteiger partial charge in [0.15, 0.2) is 0 Å². The molecule has 1 saturated carbocycles. The predicted octanol–water partition coefficient (Wildman–Crippen LogP) is 1.40. The Bertz CT molecular complexity index is 340. The summed E-state index contributed by atoms with van der Waals surface area (Å²) in [6, 6.07) is -0.314. The lowest BCUT2D eigenvalue weighted by atomic mass is 9.91. The number of nitrogens with zero attached hydrogens (tertiary/aromatic N) is 1. The SMILES string of the molecule is CSCCCN1C(=O)C2(CCCC2)NC(=O)C1C. The van der Waals surface area contributed by atoms with Gasteiger partial charge in [-0.15, -0.1) is 0 Å². The molecule has 1 spiro atoms. The van der Waals surface area contributed by atoms with Crippen LogP contribution in [0.4, 0.5) is 0 Å². The summed E-state index contributed by atoms with van der Waals surface area (Å²) in [5.41, 5.74) is -0.567. The highest BCUT2D eigenvalue weighted by molar-refractivity contribution is 7.98. The fourth-order valence-corrected chi connectivity index (χ4v) is 3.40. The molecule has 5 heteroatoms. The largest absolute Gasteiger partial charge is 0.340 e. The molecule has 1 N–H and O–H groups in total. The molecule has 1 aliphatic heterocycles. The third-order valence-corrected chi connectivity index (χ3v) is 4.78. The first-order chi connectivity index (χ1) is 8.60. The van der Waals surface area contributed by atoms with E-state index in [2.05, 4.69) is 11.6 Å². The van der Waals surface area contributed by atoms with Gasteiger partial charge in [-0.25, -0.2) is 0 Å². The zero-order valence-corrected chi connectivity index (χ0v) is 12.0. The highest BCUT2D eigenvalue weighted by atomic mass is 32.2. The third kappa shape index (κ3) is 2.37. The van der Waals surface area contributed by atoms with Gasteiger partial charge in [0.05, 0.1) is 0 Å². The molecule has 1 unspecified atom stereocenters. The summed E-state index contributed by atoms with van der Waals surface area (Å²) in [4.78, 5) is 26.4. The molecule has 1 heterocycles. The summed E-state index contributed by atoms with van der Waals surface area (Å²) in [6.45, 7) is 2.53. The summed E-state index contributed by atoms with van der Waals surface area (Å²) in [5, 5.41) is 2.98.